The van der Waals surface area contributed by atoms with Gasteiger partial charge in [0.15, 0.2) is 23.0 Å². The van der Waals surface area contributed by atoms with Gasteiger partial charge in [-0.15, -0.1) is 0 Å². The summed E-state index contributed by atoms with van der Waals surface area (Å²) in [5, 5.41) is 27.5. The van der Waals surface area contributed by atoms with Crippen LogP contribution >= 0.6 is 0 Å². The molecule has 2 atom stereocenters. The Labute approximate surface area is 369 Å². The van der Waals surface area contributed by atoms with Crippen molar-refractivity contribution >= 4 is 52.3 Å². The van der Waals surface area contributed by atoms with Crippen LogP contribution in [-0.4, -0.2) is 87.3 Å². The molecule has 3 heterocycles. The van der Waals surface area contributed by atoms with Crippen molar-refractivity contribution < 1.29 is 48.0 Å². The Balaban J connectivity index is 1.13. The van der Waals surface area contributed by atoms with E-state index in [1.807, 2.05) is 41.3 Å². The molecule has 4 aromatic rings. The molecule has 0 spiro atoms. The molecule has 0 saturated carbocycles. The van der Waals surface area contributed by atoms with Gasteiger partial charge in [-0.3, -0.25) is 24.0 Å². The Kier molecular flexibility index (Phi) is 14.0. The predicted octanol–water partition coefficient (Wildman–Crippen LogP) is 3.31. The Morgan fingerprint density at radius 3 is 2.20 bits per heavy atom. The molecule has 7 rings (SSSR count). The molecule has 0 saturated heterocycles. The molecule has 0 bridgehead atoms. The molecule has 0 aromatic heterocycles. The number of methoxy groups -OCH3 is 2. The maximum atomic E-state index is 14.0. The summed E-state index contributed by atoms with van der Waals surface area (Å²) in [4.78, 5) is 65.9. The minimum absolute atomic E-state index is 0.0151. The van der Waals surface area contributed by atoms with Gasteiger partial charge in [0.05, 0.1) is 62.4 Å². The second-order valence-corrected chi connectivity index (χ2v) is 15.2. The molecule has 1 unspecified atom stereocenters. The first-order valence-electron chi connectivity index (χ1n) is 20.6. The number of allylic oxidation sites excluding steroid dienone is 2. The number of hydrogen-bond acceptors (Lipinski definition) is 13. The quantitative estimate of drug-likeness (QED) is 0.0908. The molecule has 18 nitrogen and oxygen atoms in total. The second kappa shape index (κ2) is 20.1. The Morgan fingerprint density at radius 2 is 1.50 bits per heavy atom. The van der Waals surface area contributed by atoms with Crippen LogP contribution in [0.15, 0.2) is 91.2 Å². The summed E-state index contributed by atoms with van der Waals surface area (Å²) in [5.41, 5.74) is 10.7. The van der Waals surface area contributed by atoms with E-state index in [0.29, 0.717) is 70.3 Å². The van der Waals surface area contributed by atoms with Crippen LogP contribution in [0.5, 0.6) is 23.0 Å². The van der Waals surface area contributed by atoms with E-state index in [2.05, 4.69) is 38.5 Å². The van der Waals surface area contributed by atoms with Gasteiger partial charge in [0, 0.05) is 35.7 Å². The van der Waals surface area contributed by atoms with Crippen molar-refractivity contribution in [1.82, 2.24) is 16.0 Å². The van der Waals surface area contributed by atoms with Crippen molar-refractivity contribution in [3.63, 3.8) is 0 Å². The van der Waals surface area contributed by atoms with E-state index in [-0.39, 0.29) is 55.3 Å². The van der Waals surface area contributed by atoms with Gasteiger partial charge in [0.25, 0.3) is 11.8 Å². The number of fused-ring (bicyclic) bond motifs is 5. The average molecular weight is 875 g/mol. The highest BCUT2D eigenvalue weighted by atomic mass is 16.5. The predicted molar refractivity (Wildman–Crippen MR) is 239 cm³/mol. The normalized spacial score (nSPS) is 16.9. The number of carbonyl (C=O) groups is 5. The number of nitrogens with zero attached hydrogens (tertiary/aromatic N) is 1. The van der Waals surface area contributed by atoms with Gasteiger partial charge >= 0.3 is 0 Å². The third-order valence-electron chi connectivity index (χ3n) is 10.6. The zero-order valence-electron chi connectivity index (χ0n) is 35.4. The lowest BCUT2D eigenvalue weighted by molar-refractivity contribution is -0.126. The molecule has 334 valence electrons. The summed E-state index contributed by atoms with van der Waals surface area (Å²) in [6, 6.07) is 19.5. The summed E-state index contributed by atoms with van der Waals surface area (Å²) in [7, 11) is 2.93. The fourth-order valence-electron chi connectivity index (χ4n) is 7.56. The summed E-state index contributed by atoms with van der Waals surface area (Å²) < 4.78 is 24.0. The van der Waals surface area contributed by atoms with Crippen molar-refractivity contribution in [2.75, 3.05) is 61.2 Å². The summed E-state index contributed by atoms with van der Waals surface area (Å²) >= 11 is 0. The van der Waals surface area contributed by atoms with Crippen molar-refractivity contribution in [2.24, 2.45) is 5.73 Å². The molecule has 3 aliphatic rings. The number of aliphatic hydroxyl groups excluding tert-OH is 1. The lowest BCUT2D eigenvalue weighted by Crippen LogP contribution is -2.41. The Hall–Kier alpha value is -7.57. The standard InChI is InChI=1S/C46H50N8O10/c1-26-8-4-7-11-41(55)53-35-19-40(37(61-2)16-32(35)45(59)51-26)64-25-28-12-27(13-30(14-28)52-44(58)23-50-43(57)22-49-42(56)20-47)24-63-39-18-34-33(17-38(39)62-3)46(60)54-31(21-48-34)15-29-9-5-6-10-36(29)54/h4-6,8-10,12-14,16-19,31,41,48,53,55H,1,7,11,15,20-25,47H2,2-3H3,(H,49,56)(H,50,57)(H,51,59)(H,52,58)/b8-4-/t31-,41?/m0/s1. The number of rotatable bonds is 14. The van der Waals surface area contributed by atoms with E-state index in [1.165, 1.54) is 20.3 Å². The van der Waals surface area contributed by atoms with E-state index in [0.717, 1.165) is 17.7 Å². The highest BCUT2D eigenvalue weighted by molar-refractivity contribution is 6.12. The molecule has 18 heteroatoms. The molecule has 0 radical (unpaired) electrons. The lowest BCUT2D eigenvalue weighted by atomic mass is 10.1. The molecular weight excluding hydrogens is 825 g/mol. The highest BCUT2D eigenvalue weighted by Crippen LogP contribution is 2.41. The van der Waals surface area contributed by atoms with Crippen LogP contribution in [0.2, 0.25) is 0 Å². The van der Waals surface area contributed by atoms with Gasteiger partial charge in [0.1, 0.15) is 19.4 Å². The summed E-state index contributed by atoms with van der Waals surface area (Å²) in [6.07, 6.45) is 4.12. The third-order valence-corrected chi connectivity index (χ3v) is 10.6. The SMILES string of the molecule is C=C1/C=C\CCC(O)Nc2cc(OCc3cc(COc4cc5c(cc4OC)C(=O)N4c6ccccc6C[C@H]4CN5)cc(NC(=O)CNC(=O)CNC(=O)CN)c3)c(OC)cc2C(=O)N1. The number of nitrogens with two attached hydrogens (primary N) is 1. The molecule has 64 heavy (non-hydrogen) atoms. The largest absolute Gasteiger partial charge is 0.493 e. The van der Waals surface area contributed by atoms with Crippen LogP contribution < -0.4 is 61.5 Å². The molecule has 0 fully saturated rings. The number of para-hydroxylation sites is 1. The molecule has 9 N–H and O–H groups in total. The van der Waals surface area contributed by atoms with Crippen molar-refractivity contribution in [3.05, 3.63) is 119 Å². The number of benzene rings is 4. The van der Waals surface area contributed by atoms with Gasteiger partial charge in [-0.05, 0) is 78.4 Å². The molecule has 5 amide bonds. The molecule has 0 aliphatic carbocycles. The average Bonchev–Trinajstić information content (AvgIpc) is 3.60. The number of ether oxygens (including phenoxy) is 4. The minimum Gasteiger partial charge on any atom is -0.493 e. The van der Waals surface area contributed by atoms with Crippen LogP contribution in [0.1, 0.15) is 50.2 Å². The summed E-state index contributed by atoms with van der Waals surface area (Å²) in [6.45, 7) is 3.30. The van der Waals surface area contributed by atoms with Crippen LogP contribution in [0.25, 0.3) is 0 Å². The number of aliphatic hydroxyl groups is 1. The molecule has 4 aromatic carbocycles. The number of amides is 5. The number of carbonyl (C=O) groups excluding carboxylic acids is 5. The van der Waals surface area contributed by atoms with Gasteiger partial charge in [-0.1, -0.05) is 30.9 Å². The summed E-state index contributed by atoms with van der Waals surface area (Å²) in [5.74, 6) is -1.09. The monoisotopic (exact) mass is 874 g/mol. The van der Waals surface area contributed by atoms with Crippen LogP contribution in [0.3, 0.4) is 0 Å². The van der Waals surface area contributed by atoms with Crippen molar-refractivity contribution in [3.8, 4) is 23.0 Å². The first-order valence-corrected chi connectivity index (χ1v) is 20.6. The first-order chi connectivity index (χ1) is 30.9. The van der Waals surface area contributed by atoms with E-state index < -0.39 is 36.4 Å². The zero-order chi connectivity index (χ0) is 45.3. The van der Waals surface area contributed by atoms with Crippen molar-refractivity contribution in [1.29, 1.82) is 0 Å². The number of anilines is 4. The van der Waals surface area contributed by atoms with Gasteiger partial charge < -0.3 is 66.6 Å². The lowest BCUT2D eigenvalue weighted by Gasteiger charge is -2.22. The minimum atomic E-state index is -0.981. The molecular formula is C46H50N8O10. The zero-order valence-corrected chi connectivity index (χ0v) is 35.4. The highest BCUT2D eigenvalue weighted by Gasteiger charge is 2.37. The van der Waals surface area contributed by atoms with Crippen LogP contribution in [0, 0.1) is 0 Å². The van der Waals surface area contributed by atoms with Crippen LogP contribution in [-0.2, 0) is 34.0 Å². The maximum Gasteiger partial charge on any atom is 0.260 e. The van der Waals surface area contributed by atoms with Crippen LogP contribution in [0.4, 0.5) is 22.7 Å². The molecule has 3 aliphatic heterocycles. The van der Waals surface area contributed by atoms with E-state index in [4.69, 9.17) is 24.7 Å². The van der Waals surface area contributed by atoms with Gasteiger partial charge in [-0.25, -0.2) is 0 Å². The van der Waals surface area contributed by atoms with E-state index >= 15 is 0 Å². The van der Waals surface area contributed by atoms with Gasteiger partial charge in [0.2, 0.25) is 17.7 Å². The van der Waals surface area contributed by atoms with E-state index in [1.54, 1.807) is 36.4 Å². The van der Waals surface area contributed by atoms with Crippen molar-refractivity contribution in [2.45, 2.75) is 44.7 Å². The topological polar surface area (TPSA) is 244 Å². The van der Waals surface area contributed by atoms with E-state index in [9.17, 15) is 29.1 Å². The maximum absolute atomic E-state index is 14.0. The Morgan fingerprint density at radius 1 is 0.844 bits per heavy atom. The fraction of sp³-hybridized carbons (Fsp3) is 0.283. The second-order valence-electron chi connectivity index (χ2n) is 15.2. The smallest absolute Gasteiger partial charge is 0.260 e. The Bertz CT molecular complexity index is 2510. The fourth-order valence-corrected chi connectivity index (χ4v) is 7.56. The third kappa shape index (κ3) is 10.5. The number of hydrogen-bond donors (Lipinski definition) is 8. The first kappa shape index (κ1) is 44.5. The number of nitrogens with one attached hydrogen (secondary N) is 6. The van der Waals surface area contributed by atoms with Gasteiger partial charge in [-0.2, -0.15) is 0 Å².